The number of rotatable bonds is 2. The quantitative estimate of drug-likeness (QED) is 0.649. The summed E-state index contributed by atoms with van der Waals surface area (Å²) in [5.74, 6) is 0.886. The van der Waals surface area contributed by atoms with Gasteiger partial charge in [-0.3, -0.25) is 0 Å². The lowest BCUT2D eigenvalue weighted by molar-refractivity contribution is 0.300. The van der Waals surface area contributed by atoms with Gasteiger partial charge in [-0.05, 0) is 18.1 Å². The smallest absolute Gasteiger partial charge is 0.120 e. The molecule has 12 heavy (non-hydrogen) atoms. The Morgan fingerprint density at radius 3 is 3.00 bits per heavy atom. The van der Waals surface area contributed by atoms with Gasteiger partial charge in [0.05, 0.1) is 7.11 Å². The minimum atomic E-state index is 0.621. The van der Waals surface area contributed by atoms with Crippen molar-refractivity contribution in [2.45, 2.75) is 19.8 Å². The van der Waals surface area contributed by atoms with Gasteiger partial charge < -0.3 is 4.74 Å². The van der Waals surface area contributed by atoms with Crippen LogP contribution >= 0.6 is 11.6 Å². The van der Waals surface area contributed by atoms with Crippen LogP contribution in [-0.2, 0) is 4.74 Å². The lowest BCUT2D eigenvalue weighted by Gasteiger charge is -2.06. The average Bonchev–Trinajstić information content (AvgIpc) is 2.26. The van der Waals surface area contributed by atoms with Crippen molar-refractivity contribution in [1.29, 1.82) is 0 Å². The molecule has 0 atom stereocenters. The lowest BCUT2D eigenvalue weighted by atomic mass is 10.1. The normalized spacial score (nSPS) is 17.4. The molecule has 0 aromatic heterocycles. The first-order valence-electron chi connectivity index (χ1n) is 3.92. The third kappa shape index (κ3) is 2.11. The molecule has 0 aliphatic carbocycles. The molecule has 1 aliphatic rings. The maximum Gasteiger partial charge on any atom is 0.120 e. The number of nitrogens with zero attached hydrogens (tertiary/aromatic N) is 1. The second-order valence-corrected chi connectivity index (χ2v) is 2.96. The molecule has 1 aliphatic heterocycles. The monoisotopic (exact) mass is 185 g/mol. The van der Waals surface area contributed by atoms with Crippen molar-refractivity contribution < 1.29 is 4.74 Å². The highest BCUT2D eigenvalue weighted by molar-refractivity contribution is 6.65. The van der Waals surface area contributed by atoms with Crippen molar-refractivity contribution in [2.75, 3.05) is 7.11 Å². The molecule has 0 radical (unpaired) electrons. The zero-order valence-electron chi connectivity index (χ0n) is 7.30. The van der Waals surface area contributed by atoms with Crippen LogP contribution in [-0.4, -0.2) is 12.3 Å². The van der Waals surface area contributed by atoms with Crippen LogP contribution in [0.25, 0.3) is 0 Å². The van der Waals surface area contributed by atoms with Gasteiger partial charge in [-0.15, -0.1) is 0 Å². The minimum Gasteiger partial charge on any atom is -0.497 e. The van der Waals surface area contributed by atoms with E-state index in [-0.39, 0.29) is 0 Å². The van der Waals surface area contributed by atoms with Crippen molar-refractivity contribution in [1.82, 2.24) is 0 Å². The fourth-order valence-electron chi connectivity index (χ4n) is 1.12. The molecule has 1 rings (SSSR count). The molecule has 66 valence electrons. The van der Waals surface area contributed by atoms with E-state index in [9.17, 15) is 0 Å². The van der Waals surface area contributed by atoms with E-state index < -0.39 is 0 Å². The van der Waals surface area contributed by atoms with Gasteiger partial charge >= 0.3 is 0 Å². The third-order valence-corrected chi connectivity index (χ3v) is 2.03. The van der Waals surface area contributed by atoms with Gasteiger partial charge in [0.1, 0.15) is 10.9 Å². The summed E-state index contributed by atoms with van der Waals surface area (Å²) in [5.41, 5.74) is 1.19. The zero-order valence-corrected chi connectivity index (χ0v) is 8.06. The molecular weight excluding hydrogens is 174 g/mol. The first kappa shape index (κ1) is 9.33. The largest absolute Gasteiger partial charge is 0.497 e. The average molecular weight is 186 g/mol. The first-order chi connectivity index (χ1) is 5.77. The highest BCUT2D eigenvalue weighted by Gasteiger charge is 2.07. The van der Waals surface area contributed by atoms with Crippen LogP contribution in [0.1, 0.15) is 19.8 Å². The van der Waals surface area contributed by atoms with Crippen LogP contribution in [0.15, 0.2) is 28.6 Å². The topological polar surface area (TPSA) is 21.6 Å². The summed E-state index contributed by atoms with van der Waals surface area (Å²) in [6.45, 7) is 2.08. The van der Waals surface area contributed by atoms with Crippen molar-refractivity contribution in [3.63, 3.8) is 0 Å². The molecule has 0 bridgehead atoms. The van der Waals surface area contributed by atoms with E-state index in [4.69, 9.17) is 16.3 Å². The summed E-state index contributed by atoms with van der Waals surface area (Å²) in [5, 5.41) is 0.621. The van der Waals surface area contributed by atoms with Crippen molar-refractivity contribution in [3.05, 3.63) is 23.6 Å². The molecule has 0 aromatic rings. The van der Waals surface area contributed by atoms with Crippen LogP contribution < -0.4 is 0 Å². The molecule has 1 heterocycles. The molecule has 0 unspecified atom stereocenters. The Morgan fingerprint density at radius 2 is 2.42 bits per heavy atom. The van der Waals surface area contributed by atoms with Crippen LogP contribution in [0.5, 0.6) is 0 Å². The number of aliphatic imine (C=N–C) groups is 1. The van der Waals surface area contributed by atoms with Gasteiger partial charge in [0.2, 0.25) is 0 Å². The second kappa shape index (κ2) is 4.31. The number of halogens is 1. The molecule has 0 spiro atoms. The van der Waals surface area contributed by atoms with Crippen LogP contribution in [0, 0.1) is 0 Å². The van der Waals surface area contributed by atoms with E-state index in [1.54, 1.807) is 13.3 Å². The van der Waals surface area contributed by atoms with Gasteiger partial charge in [-0.1, -0.05) is 18.5 Å². The molecule has 0 saturated carbocycles. The minimum absolute atomic E-state index is 0.621. The van der Waals surface area contributed by atoms with E-state index in [1.165, 1.54) is 5.57 Å². The van der Waals surface area contributed by atoms with Crippen molar-refractivity contribution in [2.24, 2.45) is 4.99 Å². The summed E-state index contributed by atoms with van der Waals surface area (Å²) in [4.78, 5) is 4.00. The number of ether oxygens (including phenoxy) is 1. The Morgan fingerprint density at radius 1 is 1.67 bits per heavy atom. The van der Waals surface area contributed by atoms with Crippen molar-refractivity contribution >= 4 is 16.8 Å². The molecule has 0 fully saturated rings. The maximum atomic E-state index is 5.83. The van der Waals surface area contributed by atoms with E-state index in [1.807, 2.05) is 6.08 Å². The molecule has 0 aromatic carbocycles. The SMILES string of the molecule is CCC1=C(OC)C=CN=C(Cl)C1. The Labute approximate surface area is 77.6 Å². The summed E-state index contributed by atoms with van der Waals surface area (Å²) >= 11 is 5.83. The van der Waals surface area contributed by atoms with Gasteiger partial charge in [-0.2, -0.15) is 0 Å². The summed E-state index contributed by atoms with van der Waals surface area (Å²) in [6.07, 6.45) is 5.16. The fourth-order valence-corrected chi connectivity index (χ4v) is 1.34. The Kier molecular flexibility index (Phi) is 3.35. The molecule has 3 heteroatoms. The number of hydrogen-bond donors (Lipinski definition) is 0. The van der Waals surface area contributed by atoms with E-state index in [0.717, 1.165) is 12.2 Å². The van der Waals surface area contributed by atoms with Crippen LogP contribution in [0.4, 0.5) is 0 Å². The van der Waals surface area contributed by atoms with Crippen LogP contribution in [0.2, 0.25) is 0 Å². The number of allylic oxidation sites excluding steroid dienone is 2. The van der Waals surface area contributed by atoms with E-state index in [2.05, 4.69) is 11.9 Å². The zero-order chi connectivity index (χ0) is 8.97. The standard InChI is InChI=1S/C9H12ClNO/c1-3-7-6-9(10)11-5-4-8(7)12-2/h4-5H,3,6H2,1-2H3. The Bertz CT molecular complexity index is 253. The Hall–Kier alpha value is -0.760. The molecule has 0 saturated heterocycles. The summed E-state index contributed by atoms with van der Waals surface area (Å²) in [6, 6.07) is 0. The first-order valence-corrected chi connectivity index (χ1v) is 4.30. The number of hydrogen-bond acceptors (Lipinski definition) is 2. The van der Waals surface area contributed by atoms with Gasteiger partial charge in [0, 0.05) is 12.6 Å². The highest BCUT2D eigenvalue weighted by Crippen LogP contribution is 2.19. The van der Waals surface area contributed by atoms with Gasteiger partial charge in [0.15, 0.2) is 0 Å². The highest BCUT2D eigenvalue weighted by atomic mass is 35.5. The Balaban J connectivity index is 2.91. The molecular formula is C9H12ClNO. The molecule has 0 N–H and O–H groups in total. The van der Waals surface area contributed by atoms with E-state index >= 15 is 0 Å². The lowest BCUT2D eigenvalue weighted by Crippen LogP contribution is -1.94. The van der Waals surface area contributed by atoms with Crippen molar-refractivity contribution in [3.8, 4) is 0 Å². The molecule has 0 amide bonds. The third-order valence-electron chi connectivity index (χ3n) is 1.79. The van der Waals surface area contributed by atoms with Gasteiger partial charge in [0.25, 0.3) is 0 Å². The fraction of sp³-hybridized carbons (Fsp3) is 0.444. The van der Waals surface area contributed by atoms with Gasteiger partial charge in [-0.25, -0.2) is 4.99 Å². The van der Waals surface area contributed by atoms with Crippen LogP contribution in [0.3, 0.4) is 0 Å². The molecule has 2 nitrogen and oxygen atoms in total. The predicted octanol–water partition coefficient (Wildman–Crippen LogP) is 2.85. The maximum absolute atomic E-state index is 5.83. The summed E-state index contributed by atoms with van der Waals surface area (Å²) < 4.78 is 5.18. The second-order valence-electron chi connectivity index (χ2n) is 2.52. The van der Waals surface area contributed by atoms with E-state index in [0.29, 0.717) is 11.6 Å². The summed E-state index contributed by atoms with van der Waals surface area (Å²) in [7, 11) is 1.66. The predicted molar refractivity (Wildman–Crippen MR) is 51.4 cm³/mol. The number of methoxy groups -OCH3 is 1.